The van der Waals surface area contributed by atoms with E-state index < -0.39 is 0 Å². The maximum absolute atomic E-state index is 13.4. The van der Waals surface area contributed by atoms with Crippen molar-refractivity contribution in [3.63, 3.8) is 0 Å². The summed E-state index contributed by atoms with van der Waals surface area (Å²) in [6, 6.07) is 23.8. The summed E-state index contributed by atoms with van der Waals surface area (Å²) in [5, 5.41) is 10.2. The van der Waals surface area contributed by atoms with E-state index in [1.807, 2.05) is 65.6 Å². The molecule has 2 aliphatic rings. The lowest BCUT2D eigenvalue weighted by Crippen LogP contribution is -2.42. The number of carbonyl (C=O) groups is 2. The fourth-order valence-corrected chi connectivity index (χ4v) is 5.51. The number of hydrogen-bond donors (Lipinski definition) is 3. The van der Waals surface area contributed by atoms with E-state index in [9.17, 15) is 9.59 Å². The highest BCUT2D eigenvalue weighted by molar-refractivity contribution is 6.32. The second-order valence-electron chi connectivity index (χ2n) is 10.5. The van der Waals surface area contributed by atoms with Crippen LogP contribution in [0.3, 0.4) is 0 Å². The molecule has 0 aliphatic carbocycles. The number of nitrogens with one attached hydrogen (secondary N) is 3. The van der Waals surface area contributed by atoms with Crippen molar-refractivity contribution in [2.24, 2.45) is 5.92 Å². The van der Waals surface area contributed by atoms with Gasteiger partial charge in [0, 0.05) is 36.1 Å². The second kappa shape index (κ2) is 12.0. The van der Waals surface area contributed by atoms with Crippen molar-refractivity contribution in [1.29, 1.82) is 0 Å². The highest BCUT2D eigenvalue weighted by Gasteiger charge is 2.28. The van der Waals surface area contributed by atoms with E-state index in [2.05, 4.69) is 38.1 Å². The van der Waals surface area contributed by atoms with E-state index in [1.54, 1.807) is 6.20 Å². The number of carbonyl (C=O) groups excluding carboxylic acids is 2. The molecular weight excluding hydrogens is 536 g/mol. The first-order chi connectivity index (χ1) is 20.0. The number of hydrogen-bond acceptors (Lipinski definition) is 6. The zero-order valence-electron chi connectivity index (χ0n) is 22.6. The van der Waals surface area contributed by atoms with Crippen molar-refractivity contribution in [2.75, 3.05) is 29.0 Å². The number of aromatic nitrogens is 2. The molecule has 1 saturated heterocycles. The van der Waals surface area contributed by atoms with Crippen molar-refractivity contribution in [2.45, 2.75) is 32.1 Å². The number of nitrogens with zero attached hydrogens (tertiary/aromatic N) is 3. The second-order valence-corrected chi connectivity index (χ2v) is 10.9. The number of anilines is 5. The summed E-state index contributed by atoms with van der Waals surface area (Å²) in [7, 11) is 0. The zero-order valence-corrected chi connectivity index (χ0v) is 23.3. The van der Waals surface area contributed by atoms with Gasteiger partial charge >= 0.3 is 0 Å². The van der Waals surface area contributed by atoms with Gasteiger partial charge in [-0.1, -0.05) is 54.1 Å². The van der Waals surface area contributed by atoms with E-state index in [0.717, 1.165) is 46.6 Å². The number of rotatable bonds is 4. The first-order valence-electron chi connectivity index (χ1n) is 13.9. The molecule has 0 saturated carbocycles. The van der Waals surface area contributed by atoms with Crippen LogP contribution in [0.4, 0.5) is 28.8 Å². The predicted octanol–water partition coefficient (Wildman–Crippen LogP) is 6.14. The summed E-state index contributed by atoms with van der Waals surface area (Å²) >= 11 is 6.39. The summed E-state index contributed by atoms with van der Waals surface area (Å²) in [6.45, 7) is 1.18. The average molecular weight is 567 g/mol. The van der Waals surface area contributed by atoms with Gasteiger partial charge < -0.3 is 20.9 Å². The van der Waals surface area contributed by atoms with Crippen molar-refractivity contribution in [3.05, 3.63) is 101 Å². The lowest BCUT2D eigenvalue weighted by Gasteiger charge is -2.31. The Morgan fingerprint density at radius 1 is 0.927 bits per heavy atom. The third-order valence-electron chi connectivity index (χ3n) is 7.65. The van der Waals surface area contributed by atoms with E-state index in [1.165, 1.54) is 0 Å². The molecule has 1 aromatic heterocycles. The highest BCUT2D eigenvalue weighted by atomic mass is 35.5. The molecule has 2 amide bonds. The molecule has 1 fully saturated rings. The Morgan fingerprint density at radius 2 is 1.73 bits per heavy atom. The molecule has 0 unspecified atom stereocenters. The Hall–Kier alpha value is -4.43. The van der Waals surface area contributed by atoms with Gasteiger partial charge in [-0.2, -0.15) is 4.98 Å². The van der Waals surface area contributed by atoms with Crippen LogP contribution in [-0.4, -0.2) is 39.8 Å². The van der Waals surface area contributed by atoms with Crippen LogP contribution in [0.2, 0.25) is 5.02 Å². The number of amides is 2. The largest absolute Gasteiger partial charge is 0.342 e. The Morgan fingerprint density at radius 3 is 2.56 bits per heavy atom. The van der Waals surface area contributed by atoms with E-state index in [-0.39, 0.29) is 17.7 Å². The Labute approximate surface area is 244 Å². The average Bonchev–Trinajstić information content (AvgIpc) is 2.99. The number of benzene rings is 3. The van der Waals surface area contributed by atoms with Gasteiger partial charge in [0.2, 0.25) is 17.8 Å². The lowest BCUT2D eigenvalue weighted by molar-refractivity contribution is -0.133. The Bertz CT molecular complexity index is 1570. The number of fused-ring (bicyclic) bond motifs is 6. The molecule has 6 rings (SSSR count). The first-order valence-corrected chi connectivity index (χ1v) is 14.3. The molecule has 3 heterocycles. The third-order valence-corrected chi connectivity index (χ3v) is 7.93. The van der Waals surface area contributed by atoms with Crippen LogP contribution in [-0.2, 0) is 28.9 Å². The van der Waals surface area contributed by atoms with Gasteiger partial charge in [0.25, 0.3) is 0 Å². The lowest BCUT2D eigenvalue weighted by atomic mass is 9.94. The maximum Gasteiger partial charge on any atom is 0.229 e. The Kier molecular flexibility index (Phi) is 7.82. The van der Waals surface area contributed by atoms with Crippen molar-refractivity contribution >= 4 is 52.2 Å². The molecule has 8 nitrogen and oxygen atoms in total. The first kappa shape index (κ1) is 26.8. The van der Waals surface area contributed by atoms with Crippen LogP contribution in [0.15, 0.2) is 79.0 Å². The van der Waals surface area contributed by atoms with Crippen LogP contribution in [0, 0.1) is 5.92 Å². The van der Waals surface area contributed by atoms with Crippen LogP contribution >= 0.6 is 11.6 Å². The molecule has 0 atom stereocenters. The fraction of sp³-hybridized carbons (Fsp3) is 0.250. The zero-order chi connectivity index (χ0) is 28.2. The van der Waals surface area contributed by atoms with Gasteiger partial charge in [0.05, 0.1) is 12.6 Å². The SMILES string of the molecule is O=C(Nc1ccc2cc1CCc1cccc(c1)Nc1ncc(Cl)c(n1)N2)C1CCN(C(=O)Cc2ccccc2)CC1. The van der Waals surface area contributed by atoms with Gasteiger partial charge in [-0.25, -0.2) is 4.98 Å². The number of piperidine rings is 1. The van der Waals surface area contributed by atoms with Crippen LogP contribution in [0.25, 0.3) is 0 Å². The minimum Gasteiger partial charge on any atom is -0.342 e. The van der Waals surface area contributed by atoms with E-state index in [0.29, 0.717) is 49.1 Å². The van der Waals surface area contributed by atoms with Gasteiger partial charge in [0.1, 0.15) is 5.02 Å². The topological polar surface area (TPSA) is 99.2 Å². The predicted molar refractivity (Wildman–Crippen MR) is 162 cm³/mol. The molecule has 208 valence electrons. The summed E-state index contributed by atoms with van der Waals surface area (Å²) in [6.07, 6.45) is 4.78. The summed E-state index contributed by atoms with van der Waals surface area (Å²) in [5.74, 6) is 0.909. The van der Waals surface area contributed by atoms with E-state index in [4.69, 9.17) is 11.6 Å². The molecule has 0 radical (unpaired) electrons. The summed E-state index contributed by atoms with van der Waals surface area (Å²) in [4.78, 5) is 36.9. The maximum atomic E-state index is 13.4. The minimum absolute atomic E-state index is 0.00489. The minimum atomic E-state index is -0.142. The molecule has 2 aliphatic heterocycles. The monoisotopic (exact) mass is 566 g/mol. The normalized spacial score (nSPS) is 14.9. The molecule has 0 spiro atoms. The molecule has 4 aromatic rings. The quantitative estimate of drug-likeness (QED) is 0.275. The van der Waals surface area contributed by atoms with Gasteiger partial charge in [0.15, 0.2) is 5.82 Å². The highest BCUT2D eigenvalue weighted by Crippen LogP contribution is 2.30. The van der Waals surface area contributed by atoms with Crippen LogP contribution in [0.5, 0.6) is 0 Å². The number of likely N-dealkylation sites (tertiary alicyclic amines) is 1. The van der Waals surface area contributed by atoms with Gasteiger partial charge in [-0.15, -0.1) is 0 Å². The van der Waals surface area contributed by atoms with Crippen molar-refractivity contribution < 1.29 is 9.59 Å². The molecule has 3 N–H and O–H groups in total. The summed E-state index contributed by atoms with van der Waals surface area (Å²) in [5.41, 5.74) is 5.69. The van der Waals surface area contributed by atoms with Crippen molar-refractivity contribution in [3.8, 4) is 0 Å². The van der Waals surface area contributed by atoms with E-state index >= 15 is 0 Å². The van der Waals surface area contributed by atoms with Crippen molar-refractivity contribution in [1.82, 2.24) is 14.9 Å². The number of aryl methyl sites for hydroxylation is 2. The van der Waals surface area contributed by atoms with Gasteiger partial charge in [-0.05, 0) is 72.7 Å². The molecule has 3 aromatic carbocycles. The fourth-order valence-electron chi connectivity index (χ4n) is 5.37. The molecule has 6 bridgehead atoms. The van der Waals surface area contributed by atoms with Gasteiger partial charge in [-0.3, -0.25) is 9.59 Å². The molecular formula is C32H31ClN6O2. The smallest absolute Gasteiger partial charge is 0.229 e. The van der Waals surface area contributed by atoms with Crippen LogP contribution < -0.4 is 16.0 Å². The third kappa shape index (κ3) is 6.49. The van der Waals surface area contributed by atoms with Crippen LogP contribution in [0.1, 0.15) is 29.5 Å². The summed E-state index contributed by atoms with van der Waals surface area (Å²) < 4.78 is 0. The Balaban J connectivity index is 1.16. The molecule has 41 heavy (non-hydrogen) atoms. The molecule has 9 heteroatoms. The standard InChI is InChI=1S/C32H31ClN6O2/c33-27-20-34-32-36-25-8-4-7-22(17-25)9-10-24-19-26(35-30(27)38-32)11-12-28(24)37-31(41)23-13-15-39(16-14-23)29(40)18-21-5-2-1-3-6-21/h1-8,11-12,17,19-20,23H,9-10,13-16,18H2,(H,37,41)(H2,34,35,36,38). The number of halogens is 1.